The van der Waals surface area contributed by atoms with E-state index < -0.39 is 17.3 Å². The van der Waals surface area contributed by atoms with Crippen LogP contribution in [0.3, 0.4) is 0 Å². The summed E-state index contributed by atoms with van der Waals surface area (Å²) in [5.74, 6) is -1.75. The van der Waals surface area contributed by atoms with Crippen molar-refractivity contribution in [3.05, 3.63) is 106 Å². The number of hydrogen-bond donors (Lipinski definition) is 1. The summed E-state index contributed by atoms with van der Waals surface area (Å²) in [5.41, 5.74) is 0.662. The quantitative estimate of drug-likeness (QED) is 0.365. The molecule has 0 radical (unpaired) electrons. The number of nitriles is 1. The molecule has 4 aromatic rings. The number of rotatable bonds is 5. The number of ether oxygens (including phenoxy) is 1. The number of anilines is 1. The molecule has 0 aliphatic carbocycles. The average molecular weight is 440 g/mol. The Balaban J connectivity index is 1.81. The molecular formula is C25H17FN4O3. The van der Waals surface area contributed by atoms with Gasteiger partial charge in [-0.3, -0.25) is 14.0 Å². The van der Waals surface area contributed by atoms with Crippen molar-refractivity contribution in [1.82, 2.24) is 9.38 Å². The van der Waals surface area contributed by atoms with Gasteiger partial charge in [0.05, 0.1) is 0 Å². The number of para-hydroxylation sites is 1. The van der Waals surface area contributed by atoms with E-state index in [9.17, 15) is 19.2 Å². The molecule has 2 aromatic carbocycles. The van der Waals surface area contributed by atoms with Crippen LogP contribution < -0.4 is 15.6 Å². The van der Waals surface area contributed by atoms with Crippen molar-refractivity contribution >= 4 is 23.3 Å². The minimum absolute atomic E-state index is 0.151. The molecule has 0 fully saturated rings. The highest BCUT2D eigenvalue weighted by Crippen LogP contribution is 2.26. The van der Waals surface area contributed by atoms with Crippen LogP contribution in [0.4, 0.5) is 10.1 Å². The molecule has 0 atom stereocenters. The van der Waals surface area contributed by atoms with Crippen LogP contribution in [-0.4, -0.2) is 15.3 Å². The van der Waals surface area contributed by atoms with Gasteiger partial charge < -0.3 is 10.1 Å². The highest BCUT2D eigenvalue weighted by molar-refractivity contribution is 6.09. The molecule has 8 heteroatoms. The van der Waals surface area contributed by atoms with E-state index in [1.165, 1.54) is 28.8 Å². The zero-order valence-electron chi connectivity index (χ0n) is 17.4. The fourth-order valence-corrected chi connectivity index (χ4v) is 3.04. The first-order chi connectivity index (χ1) is 16.0. The second-order valence-electron chi connectivity index (χ2n) is 7.09. The summed E-state index contributed by atoms with van der Waals surface area (Å²) in [6.45, 7) is 1.91. The van der Waals surface area contributed by atoms with E-state index in [-0.39, 0.29) is 28.4 Å². The Labute approximate surface area is 188 Å². The van der Waals surface area contributed by atoms with Crippen LogP contribution in [0, 0.1) is 24.1 Å². The molecule has 4 rings (SSSR count). The van der Waals surface area contributed by atoms with E-state index >= 15 is 0 Å². The summed E-state index contributed by atoms with van der Waals surface area (Å²) in [6.07, 6.45) is 2.59. The normalized spacial score (nSPS) is 11.1. The van der Waals surface area contributed by atoms with E-state index in [4.69, 9.17) is 4.74 Å². The SMILES string of the molecule is Cc1ccc(NC(=O)C(C#N)=Cc2c(Oc3ccccc3F)nc3ccccn3c2=O)cc1. The number of hydrogen-bond acceptors (Lipinski definition) is 5. The maximum Gasteiger partial charge on any atom is 0.269 e. The molecule has 1 amide bonds. The average Bonchev–Trinajstić information content (AvgIpc) is 2.82. The number of halogens is 1. The van der Waals surface area contributed by atoms with Gasteiger partial charge in [0.25, 0.3) is 11.5 Å². The minimum Gasteiger partial charge on any atom is -0.435 e. The van der Waals surface area contributed by atoms with Gasteiger partial charge >= 0.3 is 0 Å². The van der Waals surface area contributed by atoms with Crippen molar-refractivity contribution in [3.63, 3.8) is 0 Å². The summed E-state index contributed by atoms with van der Waals surface area (Å²) in [5, 5.41) is 12.2. The lowest BCUT2D eigenvalue weighted by Gasteiger charge is -2.11. The number of nitrogens with one attached hydrogen (secondary N) is 1. The molecule has 0 saturated carbocycles. The van der Waals surface area contributed by atoms with Crippen molar-refractivity contribution in [3.8, 4) is 17.7 Å². The lowest BCUT2D eigenvalue weighted by molar-refractivity contribution is -0.112. The molecule has 33 heavy (non-hydrogen) atoms. The van der Waals surface area contributed by atoms with Crippen LogP contribution in [0.5, 0.6) is 11.6 Å². The summed E-state index contributed by atoms with van der Waals surface area (Å²) in [6, 6.07) is 19.4. The first-order valence-corrected chi connectivity index (χ1v) is 9.90. The Morgan fingerprint density at radius 3 is 2.58 bits per heavy atom. The molecule has 0 aliphatic rings. The fraction of sp³-hybridized carbons (Fsp3) is 0.0400. The van der Waals surface area contributed by atoms with Crippen LogP contribution in [0.25, 0.3) is 11.7 Å². The summed E-state index contributed by atoms with van der Waals surface area (Å²) in [4.78, 5) is 30.2. The second kappa shape index (κ2) is 9.16. The van der Waals surface area contributed by atoms with Crippen LogP contribution in [-0.2, 0) is 4.79 Å². The molecule has 0 spiro atoms. The molecule has 2 aromatic heterocycles. The largest absolute Gasteiger partial charge is 0.435 e. The van der Waals surface area contributed by atoms with Gasteiger partial charge in [-0.1, -0.05) is 35.9 Å². The van der Waals surface area contributed by atoms with Gasteiger partial charge in [-0.15, -0.1) is 0 Å². The van der Waals surface area contributed by atoms with Gasteiger partial charge in [0, 0.05) is 11.9 Å². The standard InChI is InChI=1S/C25H17FN4O3/c1-16-9-11-18(12-10-16)28-23(31)17(15-27)14-19-24(33-21-7-3-2-6-20(21)26)29-22-8-4-5-13-30(22)25(19)32/h2-14H,1H3,(H,28,31). The van der Waals surface area contributed by atoms with E-state index in [0.29, 0.717) is 5.69 Å². The van der Waals surface area contributed by atoms with E-state index in [1.807, 2.05) is 19.1 Å². The van der Waals surface area contributed by atoms with Gasteiger partial charge in [0.15, 0.2) is 11.6 Å². The van der Waals surface area contributed by atoms with E-state index in [0.717, 1.165) is 11.6 Å². The van der Waals surface area contributed by atoms with Crippen molar-refractivity contribution in [1.29, 1.82) is 5.26 Å². The number of benzene rings is 2. The predicted octanol–water partition coefficient (Wildman–Crippen LogP) is 4.48. The first kappa shape index (κ1) is 21.5. The zero-order chi connectivity index (χ0) is 23.4. The topological polar surface area (TPSA) is 96.5 Å². The highest BCUT2D eigenvalue weighted by atomic mass is 19.1. The highest BCUT2D eigenvalue weighted by Gasteiger charge is 2.18. The molecule has 162 valence electrons. The van der Waals surface area contributed by atoms with E-state index in [1.54, 1.807) is 42.5 Å². The van der Waals surface area contributed by atoms with Gasteiger partial charge in [-0.05, 0) is 49.4 Å². The van der Waals surface area contributed by atoms with Crippen LogP contribution in [0.15, 0.2) is 83.3 Å². The molecule has 0 unspecified atom stereocenters. The van der Waals surface area contributed by atoms with Crippen LogP contribution >= 0.6 is 0 Å². The van der Waals surface area contributed by atoms with Gasteiger partial charge in [0.1, 0.15) is 22.9 Å². The number of fused-ring (bicyclic) bond motifs is 1. The second-order valence-corrected chi connectivity index (χ2v) is 7.09. The molecule has 1 N–H and O–H groups in total. The lowest BCUT2D eigenvalue weighted by Crippen LogP contribution is -2.20. The third kappa shape index (κ3) is 4.62. The van der Waals surface area contributed by atoms with Gasteiger partial charge in [-0.2, -0.15) is 10.2 Å². The predicted molar refractivity (Wildman–Crippen MR) is 121 cm³/mol. The molecule has 0 aliphatic heterocycles. The Hall–Kier alpha value is -4.77. The molecule has 2 heterocycles. The maximum atomic E-state index is 14.2. The summed E-state index contributed by atoms with van der Waals surface area (Å²) < 4.78 is 21.0. The third-order valence-corrected chi connectivity index (χ3v) is 4.74. The Morgan fingerprint density at radius 1 is 1.12 bits per heavy atom. The van der Waals surface area contributed by atoms with E-state index in [2.05, 4.69) is 10.3 Å². The molecule has 0 bridgehead atoms. The number of nitrogens with zero attached hydrogens (tertiary/aromatic N) is 3. The lowest BCUT2D eigenvalue weighted by atomic mass is 10.1. The smallest absolute Gasteiger partial charge is 0.269 e. The molecular weight excluding hydrogens is 423 g/mol. The molecule has 0 saturated heterocycles. The molecule has 7 nitrogen and oxygen atoms in total. The first-order valence-electron chi connectivity index (χ1n) is 9.90. The minimum atomic E-state index is -0.712. The summed E-state index contributed by atoms with van der Waals surface area (Å²) >= 11 is 0. The van der Waals surface area contributed by atoms with Crippen molar-refractivity contribution in [2.24, 2.45) is 0 Å². The maximum absolute atomic E-state index is 14.2. The van der Waals surface area contributed by atoms with Crippen molar-refractivity contribution in [2.45, 2.75) is 6.92 Å². The summed E-state index contributed by atoms with van der Waals surface area (Å²) in [7, 11) is 0. The number of carbonyl (C=O) groups is 1. The van der Waals surface area contributed by atoms with Crippen molar-refractivity contribution in [2.75, 3.05) is 5.32 Å². The monoisotopic (exact) mass is 440 g/mol. The Morgan fingerprint density at radius 2 is 1.85 bits per heavy atom. The number of pyridine rings is 1. The number of aromatic nitrogens is 2. The fourth-order valence-electron chi connectivity index (χ4n) is 3.04. The van der Waals surface area contributed by atoms with Gasteiger partial charge in [0.2, 0.25) is 5.88 Å². The van der Waals surface area contributed by atoms with Crippen molar-refractivity contribution < 1.29 is 13.9 Å². The van der Waals surface area contributed by atoms with Crippen LogP contribution in [0.2, 0.25) is 0 Å². The number of carbonyl (C=O) groups excluding carboxylic acids is 1. The van der Waals surface area contributed by atoms with Crippen LogP contribution in [0.1, 0.15) is 11.1 Å². The third-order valence-electron chi connectivity index (χ3n) is 4.74. The van der Waals surface area contributed by atoms with Gasteiger partial charge in [-0.25, -0.2) is 4.39 Å². The Kier molecular flexibility index (Phi) is 5.96. The Bertz CT molecular complexity index is 1480. The number of amides is 1. The zero-order valence-corrected chi connectivity index (χ0v) is 17.4. The number of aryl methyl sites for hydroxylation is 1.